The largest absolute Gasteiger partial charge is 0.484 e. The third-order valence-corrected chi connectivity index (χ3v) is 3.27. The monoisotopic (exact) mass is 350 g/mol. The highest BCUT2D eigenvalue weighted by molar-refractivity contribution is 9.10. The van der Waals surface area contributed by atoms with E-state index in [0.29, 0.717) is 28.6 Å². The van der Waals surface area contributed by atoms with Gasteiger partial charge in [0.1, 0.15) is 6.61 Å². The van der Waals surface area contributed by atoms with Gasteiger partial charge < -0.3 is 15.2 Å². The van der Waals surface area contributed by atoms with E-state index in [-0.39, 0.29) is 12.4 Å². The molecule has 110 valence electrons. The lowest BCUT2D eigenvalue weighted by Gasteiger charge is -2.13. The minimum Gasteiger partial charge on any atom is -0.484 e. The molecule has 0 atom stereocenters. The van der Waals surface area contributed by atoms with Crippen molar-refractivity contribution >= 4 is 27.4 Å². The Hall–Kier alpha value is -2.08. The molecule has 0 unspecified atom stereocenters. The minimum absolute atomic E-state index is 0.114. The van der Waals surface area contributed by atoms with Crippen LogP contribution in [-0.4, -0.2) is 17.9 Å². The summed E-state index contributed by atoms with van der Waals surface area (Å²) in [5.74, 6) is 0.763. The molecule has 0 radical (unpaired) electrons. The topological polar surface area (TPSA) is 74.4 Å². The highest BCUT2D eigenvalue weighted by atomic mass is 79.9. The molecule has 0 saturated carbocycles. The maximum Gasteiger partial charge on any atom is 0.213 e. The Bertz CT molecular complexity index is 674. The number of benzene rings is 1. The number of pyridine rings is 1. The van der Waals surface area contributed by atoms with Crippen LogP contribution in [0.15, 0.2) is 34.8 Å². The van der Waals surface area contributed by atoms with Crippen molar-refractivity contribution in [3.8, 4) is 11.6 Å². The van der Waals surface area contributed by atoms with E-state index in [0.717, 1.165) is 4.47 Å². The fourth-order valence-electron chi connectivity index (χ4n) is 1.84. The van der Waals surface area contributed by atoms with Crippen LogP contribution in [0.2, 0.25) is 0 Å². The van der Waals surface area contributed by atoms with Crippen molar-refractivity contribution in [3.05, 3.63) is 46.1 Å². The van der Waals surface area contributed by atoms with Gasteiger partial charge in [-0.1, -0.05) is 22.0 Å². The molecular formula is C15H15BrN2O3. The number of anilines is 1. The zero-order valence-corrected chi connectivity index (χ0v) is 13.3. The molecule has 0 amide bonds. The van der Waals surface area contributed by atoms with Gasteiger partial charge in [0, 0.05) is 10.5 Å². The zero-order valence-electron chi connectivity index (χ0n) is 11.7. The van der Waals surface area contributed by atoms with Gasteiger partial charge in [0.15, 0.2) is 11.5 Å². The first-order valence-corrected chi connectivity index (χ1v) is 7.03. The van der Waals surface area contributed by atoms with Crippen molar-refractivity contribution in [2.45, 2.75) is 13.5 Å². The second kappa shape index (κ2) is 6.58. The molecule has 0 bridgehead atoms. The maximum absolute atomic E-state index is 11.7. The summed E-state index contributed by atoms with van der Waals surface area (Å²) in [4.78, 5) is 15.9. The van der Waals surface area contributed by atoms with E-state index < -0.39 is 0 Å². The van der Waals surface area contributed by atoms with E-state index in [1.54, 1.807) is 25.3 Å². The maximum atomic E-state index is 11.7. The summed E-state index contributed by atoms with van der Waals surface area (Å²) in [5, 5.41) is 0. The number of rotatable bonds is 5. The van der Waals surface area contributed by atoms with Crippen LogP contribution in [0.3, 0.4) is 0 Å². The zero-order chi connectivity index (χ0) is 15.4. The Morgan fingerprint density at radius 3 is 2.81 bits per heavy atom. The van der Waals surface area contributed by atoms with Crippen molar-refractivity contribution in [3.63, 3.8) is 0 Å². The number of methoxy groups -OCH3 is 1. The Kier molecular flexibility index (Phi) is 4.80. The molecule has 2 N–H and O–H groups in total. The van der Waals surface area contributed by atoms with Gasteiger partial charge in [-0.2, -0.15) is 0 Å². The second-order valence-electron chi connectivity index (χ2n) is 4.39. The summed E-state index contributed by atoms with van der Waals surface area (Å²) < 4.78 is 11.5. The van der Waals surface area contributed by atoms with Crippen LogP contribution in [0.5, 0.6) is 11.6 Å². The fraction of sp³-hybridized carbons (Fsp3) is 0.200. The van der Waals surface area contributed by atoms with Gasteiger partial charge in [0.05, 0.1) is 24.1 Å². The molecule has 0 aliphatic carbocycles. The van der Waals surface area contributed by atoms with Crippen molar-refractivity contribution in [1.82, 2.24) is 4.98 Å². The Morgan fingerprint density at radius 2 is 2.14 bits per heavy atom. The van der Waals surface area contributed by atoms with E-state index >= 15 is 0 Å². The average Bonchev–Trinajstić information content (AvgIpc) is 2.45. The van der Waals surface area contributed by atoms with Gasteiger partial charge in [0.25, 0.3) is 0 Å². The molecule has 21 heavy (non-hydrogen) atoms. The van der Waals surface area contributed by atoms with E-state index in [1.165, 1.54) is 6.92 Å². The minimum atomic E-state index is -0.114. The van der Waals surface area contributed by atoms with Crippen LogP contribution in [-0.2, 0) is 6.61 Å². The molecule has 1 aromatic carbocycles. The van der Waals surface area contributed by atoms with Crippen molar-refractivity contribution in [1.29, 1.82) is 0 Å². The van der Waals surface area contributed by atoms with Crippen LogP contribution >= 0.6 is 15.9 Å². The number of halogens is 1. The smallest absolute Gasteiger partial charge is 0.213 e. The lowest BCUT2D eigenvalue weighted by molar-refractivity contribution is 0.101. The number of carbonyl (C=O) groups excluding carboxylic acids is 1. The number of nitrogen functional groups attached to an aromatic ring is 1. The first-order valence-electron chi connectivity index (χ1n) is 6.24. The lowest BCUT2D eigenvalue weighted by Crippen LogP contribution is -2.06. The first-order chi connectivity index (χ1) is 10.0. The first kappa shape index (κ1) is 15.3. The molecule has 0 fully saturated rings. The highest BCUT2D eigenvalue weighted by Gasteiger charge is 2.14. The van der Waals surface area contributed by atoms with Gasteiger partial charge in [-0.3, -0.25) is 4.79 Å². The second-order valence-corrected chi connectivity index (χ2v) is 5.30. The molecule has 1 aromatic heterocycles. The molecule has 0 spiro atoms. The molecule has 0 aliphatic rings. The van der Waals surface area contributed by atoms with Crippen molar-refractivity contribution in [2.75, 3.05) is 12.8 Å². The molecule has 5 nitrogen and oxygen atoms in total. The molecular weight excluding hydrogens is 336 g/mol. The molecule has 0 saturated heterocycles. The number of Topliss-reactive ketones (excluding diaryl/α,β-unsaturated/α-hetero) is 1. The summed E-state index contributed by atoms with van der Waals surface area (Å²) >= 11 is 3.31. The van der Waals surface area contributed by atoms with Crippen LogP contribution < -0.4 is 15.2 Å². The number of nitrogens with zero attached hydrogens (tertiary/aromatic N) is 1. The summed E-state index contributed by atoms with van der Waals surface area (Å²) in [6.07, 6.45) is 0. The predicted molar refractivity (Wildman–Crippen MR) is 83.7 cm³/mol. The van der Waals surface area contributed by atoms with Crippen LogP contribution in [0.4, 0.5) is 5.69 Å². The standard InChI is InChI=1S/C15H15BrN2O3/c1-9(19)12-6-10(16)7-13(17)15(12)21-8-11-4-3-5-14(18-11)20-2/h3-7H,8,17H2,1-2H3. The molecule has 6 heteroatoms. The van der Waals surface area contributed by atoms with E-state index in [9.17, 15) is 4.79 Å². The number of aromatic nitrogens is 1. The van der Waals surface area contributed by atoms with E-state index in [2.05, 4.69) is 20.9 Å². The summed E-state index contributed by atoms with van der Waals surface area (Å²) in [7, 11) is 1.55. The van der Waals surface area contributed by atoms with Gasteiger partial charge in [-0.05, 0) is 25.1 Å². The molecule has 2 rings (SSSR count). The van der Waals surface area contributed by atoms with Gasteiger partial charge in [-0.15, -0.1) is 0 Å². The SMILES string of the molecule is COc1cccc(COc2c(N)cc(Br)cc2C(C)=O)n1. The van der Waals surface area contributed by atoms with Crippen LogP contribution in [0.1, 0.15) is 23.0 Å². The number of ketones is 1. The van der Waals surface area contributed by atoms with E-state index in [4.69, 9.17) is 15.2 Å². The molecule has 0 aliphatic heterocycles. The van der Waals surface area contributed by atoms with Gasteiger partial charge in [0.2, 0.25) is 5.88 Å². The summed E-state index contributed by atoms with van der Waals surface area (Å²) in [6, 6.07) is 8.76. The van der Waals surface area contributed by atoms with Crippen LogP contribution in [0.25, 0.3) is 0 Å². The third kappa shape index (κ3) is 3.72. The van der Waals surface area contributed by atoms with Crippen LogP contribution in [0, 0.1) is 0 Å². The highest BCUT2D eigenvalue weighted by Crippen LogP contribution is 2.31. The number of hydrogen-bond acceptors (Lipinski definition) is 5. The number of ether oxygens (including phenoxy) is 2. The third-order valence-electron chi connectivity index (χ3n) is 2.82. The normalized spacial score (nSPS) is 10.2. The van der Waals surface area contributed by atoms with Gasteiger partial charge >= 0.3 is 0 Å². The average molecular weight is 351 g/mol. The number of nitrogens with two attached hydrogens (primary N) is 1. The fourth-order valence-corrected chi connectivity index (χ4v) is 2.31. The molecule has 1 heterocycles. The van der Waals surface area contributed by atoms with Gasteiger partial charge in [-0.25, -0.2) is 4.98 Å². The quantitative estimate of drug-likeness (QED) is 0.661. The Balaban J connectivity index is 2.25. The Morgan fingerprint density at radius 1 is 1.38 bits per heavy atom. The van der Waals surface area contributed by atoms with Crippen molar-refractivity contribution in [2.24, 2.45) is 0 Å². The predicted octanol–water partition coefficient (Wildman–Crippen LogP) is 3.22. The number of carbonyl (C=O) groups is 1. The summed E-state index contributed by atoms with van der Waals surface area (Å²) in [5.41, 5.74) is 7.45. The van der Waals surface area contributed by atoms with Crippen molar-refractivity contribution < 1.29 is 14.3 Å². The lowest BCUT2D eigenvalue weighted by atomic mass is 10.1. The van der Waals surface area contributed by atoms with E-state index in [1.807, 2.05) is 12.1 Å². The molecule has 2 aromatic rings. The number of hydrogen-bond donors (Lipinski definition) is 1. The summed E-state index contributed by atoms with van der Waals surface area (Å²) in [6.45, 7) is 1.67. The Labute approximate surface area is 131 Å².